The second-order valence-electron chi connectivity index (χ2n) is 5.50. The fourth-order valence-corrected chi connectivity index (χ4v) is 2.77. The van der Waals surface area contributed by atoms with Gasteiger partial charge in [0.15, 0.2) is 6.35 Å². The Hall–Kier alpha value is -2.09. The van der Waals surface area contributed by atoms with Crippen molar-refractivity contribution in [1.29, 1.82) is 0 Å². The van der Waals surface area contributed by atoms with Gasteiger partial charge in [0, 0.05) is 43.5 Å². The van der Waals surface area contributed by atoms with Gasteiger partial charge in [0.1, 0.15) is 5.82 Å². The maximum Gasteiger partial charge on any atom is 0.230 e. The number of halogens is 1. The molecule has 3 rings (SSSR count). The summed E-state index contributed by atoms with van der Waals surface area (Å²) < 4.78 is 13.5. The number of hydrogen-bond donors (Lipinski definition) is 2. The molecule has 1 aromatic carbocycles. The van der Waals surface area contributed by atoms with Crippen molar-refractivity contribution in [3.63, 3.8) is 0 Å². The summed E-state index contributed by atoms with van der Waals surface area (Å²) in [5, 5.41) is 9.48. The zero-order chi connectivity index (χ0) is 16.4. The van der Waals surface area contributed by atoms with Crippen LogP contribution in [0.2, 0.25) is 0 Å². The number of aliphatic hydroxyl groups excluding tert-OH is 1. The summed E-state index contributed by atoms with van der Waals surface area (Å²) in [6.07, 6.45) is 1.48. The number of nitrogens with two attached hydrogens (primary N) is 1. The highest BCUT2D eigenvalue weighted by Gasteiger charge is 2.22. The molecular formula is C16H20FN5O. The van der Waals surface area contributed by atoms with Gasteiger partial charge < -0.3 is 10.0 Å². The van der Waals surface area contributed by atoms with Crippen molar-refractivity contribution >= 4 is 11.6 Å². The minimum absolute atomic E-state index is 0.286. The van der Waals surface area contributed by atoms with Crippen molar-refractivity contribution in [3.8, 4) is 0 Å². The first kappa shape index (κ1) is 15.8. The summed E-state index contributed by atoms with van der Waals surface area (Å²) in [5.41, 5.74) is 8.14. The van der Waals surface area contributed by atoms with Crippen LogP contribution >= 0.6 is 0 Å². The maximum absolute atomic E-state index is 13.5. The van der Waals surface area contributed by atoms with Crippen LogP contribution in [0, 0.1) is 5.82 Å². The minimum Gasteiger partial charge on any atom is -0.365 e. The molecule has 6 nitrogen and oxygen atoms in total. The van der Waals surface area contributed by atoms with Gasteiger partial charge in [0.25, 0.3) is 0 Å². The standard InChI is InChI=1S/C16H20FN5O/c1-2-22(13-5-3-4-12(17)8-13)16-19-9-11-10-21(15(18)23)7-6-14(11)20-16/h3-5,8-9,15,23H,2,6-7,10,18H2,1H3. The molecule has 23 heavy (non-hydrogen) atoms. The first-order valence-corrected chi connectivity index (χ1v) is 7.64. The SMILES string of the molecule is CCN(c1cccc(F)c1)c1ncc2c(n1)CCN(C(N)O)C2. The molecule has 3 N–H and O–H groups in total. The van der Waals surface area contributed by atoms with Crippen LogP contribution in [0.4, 0.5) is 16.0 Å². The van der Waals surface area contributed by atoms with Gasteiger partial charge in [0.05, 0.1) is 5.69 Å². The Bertz CT molecular complexity index is 694. The Morgan fingerprint density at radius 1 is 1.48 bits per heavy atom. The Kier molecular flexibility index (Phi) is 4.51. The van der Waals surface area contributed by atoms with E-state index < -0.39 is 6.35 Å². The second kappa shape index (κ2) is 6.57. The molecule has 0 spiro atoms. The van der Waals surface area contributed by atoms with Gasteiger partial charge in [0.2, 0.25) is 5.95 Å². The predicted octanol–water partition coefficient (Wildman–Crippen LogP) is 1.37. The number of hydrogen-bond acceptors (Lipinski definition) is 6. The molecule has 1 aliphatic rings. The molecule has 0 bridgehead atoms. The Labute approximate surface area is 134 Å². The molecule has 0 saturated carbocycles. The topological polar surface area (TPSA) is 78.5 Å². The molecule has 0 saturated heterocycles. The van der Waals surface area contributed by atoms with Crippen LogP contribution in [0.3, 0.4) is 0 Å². The maximum atomic E-state index is 13.5. The highest BCUT2D eigenvalue weighted by atomic mass is 19.1. The molecule has 0 fully saturated rings. The molecule has 1 aliphatic heterocycles. The van der Waals surface area contributed by atoms with Gasteiger partial charge in [-0.05, 0) is 25.1 Å². The molecule has 1 aromatic heterocycles. The fourth-order valence-electron chi connectivity index (χ4n) is 2.77. The molecule has 0 amide bonds. The van der Waals surface area contributed by atoms with Gasteiger partial charge in [-0.3, -0.25) is 10.6 Å². The molecule has 1 unspecified atom stereocenters. The molecule has 7 heteroatoms. The van der Waals surface area contributed by atoms with Gasteiger partial charge in [-0.15, -0.1) is 0 Å². The summed E-state index contributed by atoms with van der Waals surface area (Å²) in [7, 11) is 0. The zero-order valence-corrected chi connectivity index (χ0v) is 13.0. The van der Waals surface area contributed by atoms with Crippen LogP contribution in [-0.4, -0.2) is 39.4 Å². The van der Waals surface area contributed by atoms with E-state index in [1.165, 1.54) is 12.1 Å². The molecule has 122 valence electrons. The molecule has 1 atom stereocenters. The molecule has 2 heterocycles. The number of nitrogens with zero attached hydrogens (tertiary/aromatic N) is 4. The van der Waals surface area contributed by atoms with Crippen molar-refractivity contribution in [2.24, 2.45) is 5.73 Å². The van der Waals surface area contributed by atoms with Crippen molar-refractivity contribution < 1.29 is 9.50 Å². The van der Waals surface area contributed by atoms with E-state index in [2.05, 4.69) is 9.97 Å². The summed E-state index contributed by atoms with van der Waals surface area (Å²) in [5.74, 6) is 0.269. The van der Waals surface area contributed by atoms with Gasteiger partial charge >= 0.3 is 0 Å². The van der Waals surface area contributed by atoms with E-state index in [4.69, 9.17) is 5.73 Å². The van der Waals surface area contributed by atoms with E-state index >= 15 is 0 Å². The third-order valence-corrected chi connectivity index (χ3v) is 4.00. The monoisotopic (exact) mass is 317 g/mol. The number of aliphatic hydroxyl groups is 1. The van der Waals surface area contributed by atoms with Crippen molar-refractivity contribution in [2.45, 2.75) is 26.2 Å². The van der Waals surface area contributed by atoms with Crippen LogP contribution in [0.15, 0.2) is 30.5 Å². The predicted molar refractivity (Wildman–Crippen MR) is 85.4 cm³/mol. The zero-order valence-electron chi connectivity index (χ0n) is 13.0. The fraction of sp³-hybridized carbons (Fsp3) is 0.375. The lowest BCUT2D eigenvalue weighted by Gasteiger charge is -2.30. The van der Waals surface area contributed by atoms with Crippen LogP contribution in [0.5, 0.6) is 0 Å². The molecule has 0 radical (unpaired) electrons. The van der Waals surface area contributed by atoms with Crippen LogP contribution in [-0.2, 0) is 13.0 Å². The second-order valence-corrected chi connectivity index (χ2v) is 5.50. The van der Waals surface area contributed by atoms with Gasteiger partial charge in [-0.25, -0.2) is 14.4 Å². The lowest BCUT2D eigenvalue weighted by atomic mass is 10.1. The summed E-state index contributed by atoms with van der Waals surface area (Å²) >= 11 is 0. The van der Waals surface area contributed by atoms with Gasteiger partial charge in [-0.2, -0.15) is 0 Å². The molecular weight excluding hydrogens is 297 g/mol. The van der Waals surface area contributed by atoms with Crippen molar-refractivity contribution in [3.05, 3.63) is 47.5 Å². The third-order valence-electron chi connectivity index (χ3n) is 4.00. The van der Waals surface area contributed by atoms with E-state index in [-0.39, 0.29) is 5.82 Å². The number of rotatable bonds is 4. The van der Waals surface area contributed by atoms with E-state index in [1.807, 2.05) is 17.9 Å². The van der Waals surface area contributed by atoms with Crippen molar-refractivity contribution in [1.82, 2.24) is 14.9 Å². The van der Waals surface area contributed by atoms with Crippen LogP contribution in [0.25, 0.3) is 0 Å². The number of benzene rings is 1. The minimum atomic E-state index is -0.970. The molecule has 0 aliphatic carbocycles. The lowest BCUT2D eigenvalue weighted by Crippen LogP contribution is -2.44. The van der Waals surface area contributed by atoms with Gasteiger partial charge in [-0.1, -0.05) is 6.07 Å². The van der Waals surface area contributed by atoms with E-state index in [0.717, 1.165) is 16.9 Å². The van der Waals surface area contributed by atoms with Crippen molar-refractivity contribution in [2.75, 3.05) is 18.0 Å². The summed E-state index contributed by atoms with van der Waals surface area (Å²) in [6.45, 7) is 3.78. The smallest absolute Gasteiger partial charge is 0.230 e. The van der Waals surface area contributed by atoms with Crippen LogP contribution < -0.4 is 10.6 Å². The Morgan fingerprint density at radius 3 is 3.00 bits per heavy atom. The van der Waals surface area contributed by atoms with E-state index in [9.17, 15) is 9.50 Å². The van der Waals surface area contributed by atoms with Crippen LogP contribution in [0.1, 0.15) is 18.2 Å². The highest BCUT2D eigenvalue weighted by molar-refractivity contribution is 5.57. The summed E-state index contributed by atoms with van der Waals surface area (Å²) in [4.78, 5) is 12.7. The first-order chi connectivity index (χ1) is 11.1. The highest BCUT2D eigenvalue weighted by Crippen LogP contribution is 2.25. The number of fused-ring (bicyclic) bond motifs is 1. The Morgan fingerprint density at radius 2 is 2.30 bits per heavy atom. The van der Waals surface area contributed by atoms with E-state index in [0.29, 0.717) is 32.0 Å². The number of aromatic nitrogens is 2. The Balaban J connectivity index is 1.89. The third kappa shape index (κ3) is 3.31. The number of anilines is 2. The lowest BCUT2D eigenvalue weighted by molar-refractivity contribution is -0.000881. The average molecular weight is 317 g/mol. The largest absolute Gasteiger partial charge is 0.365 e. The average Bonchev–Trinajstić information content (AvgIpc) is 2.55. The quantitative estimate of drug-likeness (QED) is 0.829. The normalized spacial score (nSPS) is 16.0. The first-order valence-electron chi connectivity index (χ1n) is 7.64. The van der Waals surface area contributed by atoms with E-state index in [1.54, 1.807) is 17.2 Å². The molecule has 2 aromatic rings. The summed E-state index contributed by atoms with van der Waals surface area (Å²) in [6, 6.07) is 6.39.